The van der Waals surface area contributed by atoms with Gasteiger partial charge in [-0.15, -0.1) is 0 Å². The number of aliphatic hydroxyl groups is 1. The van der Waals surface area contributed by atoms with E-state index < -0.39 is 5.60 Å². The molecule has 0 unspecified atom stereocenters. The third kappa shape index (κ3) is 5.25. The van der Waals surface area contributed by atoms with E-state index in [-0.39, 0.29) is 0 Å². The van der Waals surface area contributed by atoms with Crippen LogP contribution in [0.15, 0.2) is 42.5 Å². The highest BCUT2D eigenvalue weighted by Gasteiger charge is 2.26. The molecule has 5 nitrogen and oxygen atoms in total. The quantitative estimate of drug-likeness (QED) is 0.794. The van der Waals surface area contributed by atoms with Gasteiger partial charge in [0, 0.05) is 31.7 Å². The summed E-state index contributed by atoms with van der Waals surface area (Å²) in [7, 11) is 3.94. The molecule has 0 saturated carbocycles. The first kappa shape index (κ1) is 20.6. The lowest BCUT2D eigenvalue weighted by Gasteiger charge is -2.28. The van der Waals surface area contributed by atoms with Gasteiger partial charge in [0.25, 0.3) is 0 Å². The molecule has 0 aromatic heterocycles. The minimum atomic E-state index is -0.901. The molecule has 0 fully saturated rings. The molecule has 0 saturated heterocycles. The van der Waals surface area contributed by atoms with Crippen LogP contribution in [0.3, 0.4) is 0 Å². The fourth-order valence-corrected chi connectivity index (χ4v) is 3.78. The normalized spacial score (nSPS) is 16.8. The van der Waals surface area contributed by atoms with E-state index in [1.165, 1.54) is 5.56 Å². The Morgan fingerprint density at radius 1 is 1.21 bits per heavy atom. The van der Waals surface area contributed by atoms with Gasteiger partial charge < -0.3 is 19.5 Å². The van der Waals surface area contributed by atoms with Gasteiger partial charge in [0.1, 0.15) is 18.1 Å². The fourth-order valence-electron chi connectivity index (χ4n) is 3.78. The second-order valence-corrected chi connectivity index (χ2v) is 7.97. The second kappa shape index (κ2) is 8.95. The molecule has 1 atom stereocenters. The highest BCUT2D eigenvalue weighted by atomic mass is 16.5. The summed E-state index contributed by atoms with van der Waals surface area (Å²) in [5.41, 5.74) is 2.37. The van der Waals surface area contributed by atoms with Crippen molar-refractivity contribution in [1.82, 2.24) is 9.80 Å². The number of ether oxygens (including phenoxy) is 2. The van der Waals surface area contributed by atoms with Gasteiger partial charge in [-0.25, -0.2) is 0 Å². The first-order chi connectivity index (χ1) is 13.4. The zero-order valence-corrected chi connectivity index (χ0v) is 17.4. The largest absolute Gasteiger partial charge is 0.494 e. The zero-order valence-electron chi connectivity index (χ0n) is 17.4. The van der Waals surface area contributed by atoms with Crippen molar-refractivity contribution >= 4 is 0 Å². The van der Waals surface area contributed by atoms with Crippen LogP contribution in [-0.4, -0.2) is 55.3 Å². The Kier molecular flexibility index (Phi) is 6.60. The standard InChI is InChI=1S/C23H32N2O3/c1-5-27-21-8-6-7-18(13-21)15-25-11-12-28-22-10-9-20(14-19(22)16-25)23(2,26)17-24(3)4/h6-10,13-14,26H,5,11-12,15-17H2,1-4H3/t23-/m0/s1. The monoisotopic (exact) mass is 384 g/mol. The van der Waals surface area contributed by atoms with Crippen molar-refractivity contribution in [2.75, 3.05) is 40.4 Å². The lowest BCUT2D eigenvalue weighted by atomic mass is 9.93. The first-order valence-corrected chi connectivity index (χ1v) is 9.95. The number of likely N-dealkylation sites (N-methyl/N-ethyl adjacent to an activating group) is 1. The summed E-state index contributed by atoms with van der Waals surface area (Å²) in [6, 6.07) is 14.3. The van der Waals surface area contributed by atoms with E-state index in [0.29, 0.717) is 19.8 Å². The van der Waals surface area contributed by atoms with E-state index in [4.69, 9.17) is 9.47 Å². The molecular weight excluding hydrogens is 352 g/mol. The summed E-state index contributed by atoms with van der Waals surface area (Å²) in [6.45, 7) is 8.25. The molecule has 0 spiro atoms. The number of hydrogen-bond donors (Lipinski definition) is 1. The molecule has 3 rings (SSSR count). The molecule has 1 heterocycles. The minimum absolute atomic E-state index is 0.570. The van der Waals surface area contributed by atoms with E-state index in [1.54, 1.807) is 0 Å². The van der Waals surface area contributed by atoms with E-state index in [9.17, 15) is 5.11 Å². The van der Waals surface area contributed by atoms with Gasteiger partial charge in [0.2, 0.25) is 0 Å². The smallest absolute Gasteiger partial charge is 0.123 e. The van der Waals surface area contributed by atoms with Crippen molar-refractivity contribution in [2.24, 2.45) is 0 Å². The van der Waals surface area contributed by atoms with Crippen molar-refractivity contribution in [3.05, 3.63) is 59.2 Å². The van der Waals surface area contributed by atoms with Gasteiger partial charge in [0.15, 0.2) is 0 Å². The lowest BCUT2D eigenvalue weighted by molar-refractivity contribution is 0.0299. The molecule has 28 heavy (non-hydrogen) atoms. The molecule has 0 aliphatic carbocycles. The van der Waals surface area contributed by atoms with Crippen molar-refractivity contribution in [1.29, 1.82) is 0 Å². The molecule has 1 aliphatic heterocycles. The summed E-state index contributed by atoms with van der Waals surface area (Å²) in [5, 5.41) is 10.9. The predicted molar refractivity (Wildman–Crippen MR) is 112 cm³/mol. The molecule has 5 heteroatoms. The van der Waals surface area contributed by atoms with Crippen LogP contribution in [0.4, 0.5) is 0 Å². The number of hydrogen-bond acceptors (Lipinski definition) is 5. The Morgan fingerprint density at radius 2 is 2.04 bits per heavy atom. The van der Waals surface area contributed by atoms with Crippen LogP contribution in [0, 0.1) is 0 Å². The van der Waals surface area contributed by atoms with Gasteiger partial charge >= 0.3 is 0 Å². The molecular formula is C23H32N2O3. The maximum absolute atomic E-state index is 10.9. The van der Waals surface area contributed by atoms with Crippen LogP contribution in [-0.2, 0) is 18.7 Å². The Morgan fingerprint density at radius 3 is 2.79 bits per heavy atom. The summed E-state index contributed by atoms with van der Waals surface area (Å²) >= 11 is 0. The average Bonchev–Trinajstić information content (AvgIpc) is 2.82. The Bertz CT molecular complexity index is 789. The highest BCUT2D eigenvalue weighted by molar-refractivity contribution is 5.40. The van der Waals surface area contributed by atoms with Gasteiger partial charge in [-0.2, -0.15) is 0 Å². The molecule has 0 amide bonds. The summed E-state index contributed by atoms with van der Waals surface area (Å²) in [6.07, 6.45) is 0. The van der Waals surface area contributed by atoms with Crippen LogP contribution in [0.2, 0.25) is 0 Å². The molecule has 1 N–H and O–H groups in total. The van der Waals surface area contributed by atoms with E-state index in [2.05, 4.69) is 23.1 Å². The molecule has 2 aromatic rings. The van der Waals surface area contributed by atoms with E-state index >= 15 is 0 Å². The zero-order chi connectivity index (χ0) is 20.1. The average molecular weight is 385 g/mol. The minimum Gasteiger partial charge on any atom is -0.494 e. The number of benzene rings is 2. The van der Waals surface area contributed by atoms with E-state index in [1.807, 2.05) is 57.1 Å². The summed E-state index contributed by atoms with van der Waals surface area (Å²) in [5.74, 6) is 1.82. The third-order valence-electron chi connectivity index (χ3n) is 4.98. The number of fused-ring (bicyclic) bond motifs is 1. The fraction of sp³-hybridized carbons (Fsp3) is 0.478. The van der Waals surface area contributed by atoms with Crippen LogP contribution in [0.1, 0.15) is 30.5 Å². The van der Waals surface area contributed by atoms with Crippen molar-refractivity contribution in [3.8, 4) is 11.5 Å². The van der Waals surface area contributed by atoms with Crippen molar-refractivity contribution in [2.45, 2.75) is 32.5 Å². The Balaban J connectivity index is 1.78. The predicted octanol–water partition coefficient (Wildman–Crippen LogP) is 3.25. The molecule has 152 valence electrons. The second-order valence-electron chi connectivity index (χ2n) is 7.97. The van der Waals surface area contributed by atoms with Crippen LogP contribution >= 0.6 is 0 Å². The number of rotatable bonds is 7. The number of nitrogens with zero attached hydrogens (tertiary/aromatic N) is 2. The maximum atomic E-state index is 10.9. The van der Waals surface area contributed by atoms with Gasteiger partial charge in [0.05, 0.1) is 12.2 Å². The van der Waals surface area contributed by atoms with Crippen LogP contribution in [0.5, 0.6) is 11.5 Å². The third-order valence-corrected chi connectivity index (χ3v) is 4.98. The Hall–Kier alpha value is -2.08. The van der Waals surface area contributed by atoms with Crippen LogP contribution < -0.4 is 9.47 Å². The van der Waals surface area contributed by atoms with Gasteiger partial charge in [-0.1, -0.05) is 18.2 Å². The summed E-state index contributed by atoms with van der Waals surface area (Å²) in [4.78, 5) is 4.38. The molecule has 0 radical (unpaired) electrons. The van der Waals surface area contributed by atoms with Crippen LogP contribution in [0.25, 0.3) is 0 Å². The molecule has 1 aliphatic rings. The lowest BCUT2D eigenvalue weighted by Crippen LogP contribution is -2.34. The molecule has 0 bridgehead atoms. The van der Waals surface area contributed by atoms with Gasteiger partial charge in [-0.05, 0) is 63.3 Å². The summed E-state index contributed by atoms with van der Waals surface area (Å²) < 4.78 is 11.6. The SMILES string of the molecule is CCOc1cccc(CN2CCOc3ccc([C@@](C)(O)CN(C)C)cc3C2)c1. The topological polar surface area (TPSA) is 45.2 Å². The van der Waals surface area contributed by atoms with Crippen molar-refractivity contribution < 1.29 is 14.6 Å². The van der Waals surface area contributed by atoms with Gasteiger partial charge in [-0.3, -0.25) is 4.90 Å². The van der Waals surface area contributed by atoms with Crippen molar-refractivity contribution in [3.63, 3.8) is 0 Å². The first-order valence-electron chi connectivity index (χ1n) is 9.95. The highest BCUT2D eigenvalue weighted by Crippen LogP contribution is 2.30. The molecule has 2 aromatic carbocycles. The van der Waals surface area contributed by atoms with E-state index in [0.717, 1.165) is 42.3 Å². The Labute approximate surface area is 168 Å². The maximum Gasteiger partial charge on any atom is 0.123 e.